The first-order valence-electron chi connectivity index (χ1n) is 3.47. The zero-order valence-corrected chi connectivity index (χ0v) is 8.59. The summed E-state index contributed by atoms with van der Waals surface area (Å²) in [6.45, 7) is 1.31. The predicted molar refractivity (Wildman–Crippen MR) is 44.9 cm³/mol. The van der Waals surface area contributed by atoms with E-state index in [4.69, 9.17) is 4.52 Å². The maximum absolute atomic E-state index is 10.6. The summed E-state index contributed by atoms with van der Waals surface area (Å²) in [5, 5.41) is 0. The summed E-state index contributed by atoms with van der Waals surface area (Å²) in [5.41, 5.74) is 0. The predicted octanol–water partition coefficient (Wildman–Crippen LogP) is 0.745. The lowest BCUT2D eigenvalue weighted by atomic mass is 10.5. The first-order valence-corrected chi connectivity index (χ1v) is 4.69. The van der Waals surface area contributed by atoms with Gasteiger partial charge in [0, 0.05) is 7.11 Å². The van der Waals surface area contributed by atoms with E-state index in [2.05, 4.69) is 4.52 Å². The molecule has 5 heteroatoms. The Labute approximate surface area is 68.6 Å². The second-order valence-electron chi connectivity index (χ2n) is 3.32. The van der Waals surface area contributed by atoms with Crippen molar-refractivity contribution in [3.8, 4) is 0 Å². The highest BCUT2D eigenvalue weighted by molar-refractivity contribution is 7.33. The van der Waals surface area contributed by atoms with E-state index in [1.807, 2.05) is 21.1 Å². The summed E-state index contributed by atoms with van der Waals surface area (Å²) >= 11 is 0. The molecule has 0 radical (unpaired) electrons. The van der Waals surface area contributed by atoms with Gasteiger partial charge in [0.1, 0.15) is 13.2 Å². The molecule has 0 aromatic carbocycles. The maximum atomic E-state index is 10.6. The van der Waals surface area contributed by atoms with Gasteiger partial charge in [-0.1, -0.05) is 0 Å². The van der Waals surface area contributed by atoms with Crippen LogP contribution in [-0.2, 0) is 13.6 Å². The molecule has 11 heavy (non-hydrogen) atoms. The zero-order chi connectivity index (χ0) is 8.91. The van der Waals surface area contributed by atoms with Crippen LogP contribution in [0.2, 0.25) is 0 Å². The highest BCUT2D eigenvalue weighted by atomic mass is 31.1. The molecule has 1 atom stereocenters. The van der Waals surface area contributed by atoms with E-state index in [-0.39, 0.29) is 0 Å². The van der Waals surface area contributed by atoms with Crippen LogP contribution in [-0.4, -0.2) is 45.9 Å². The molecule has 0 aromatic heterocycles. The highest BCUT2D eigenvalue weighted by Crippen LogP contribution is 2.20. The zero-order valence-electron chi connectivity index (χ0n) is 7.59. The van der Waals surface area contributed by atoms with E-state index in [0.717, 1.165) is 11.0 Å². The van der Waals surface area contributed by atoms with Gasteiger partial charge in [-0.2, -0.15) is 0 Å². The molecule has 0 saturated carbocycles. The highest BCUT2D eigenvalue weighted by Gasteiger charge is 2.06. The SMILES string of the molecule is CO[PH](=O)OCC[N+](C)(C)C. The Balaban J connectivity index is 3.35. The molecule has 0 N–H and O–H groups in total. The van der Waals surface area contributed by atoms with Gasteiger partial charge in [0.15, 0.2) is 0 Å². The Kier molecular flexibility index (Phi) is 4.93. The van der Waals surface area contributed by atoms with Crippen molar-refractivity contribution >= 4 is 8.25 Å². The van der Waals surface area contributed by atoms with E-state index in [1.165, 1.54) is 7.11 Å². The average molecular weight is 182 g/mol. The van der Waals surface area contributed by atoms with Gasteiger partial charge in [-0.15, -0.1) is 0 Å². The Hall–Kier alpha value is 0.110. The molecule has 0 amide bonds. The van der Waals surface area contributed by atoms with E-state index >= 15 is 0 Å². The fraction of sp³-hybridized carbons (Fsp3) is 1.00. The molecule has 0 aliphatic carbocycles. The number of quaternary nitrogens is 1. The molecule has 4 nitrogen and oxygen atoms in total. The average Bonchev–Trinajstić information content (AvgIpc) is 1.85. The van der Waals surface area contributed by atoms with Gasteiger partial charge in [-0.05, 0) is 0 Å². The summed E-state index contributed by atoms with van der Waals surface area (Å²) < 4.78 is 20.8. The summed E-state index contributed by atoms with van der Waals surface area (Å²) in [6, 6.07) is 0. The minimum absolute atomic E-state index is 0.481. The molecule has 0 aliphatic rings. The van der Waals surface area contributed by atoms with Crippen LogP contribution in [0, 0.1) is 0 Å². The van der Waals surface area contributed by atoms with Crippen LogP contribution in [0.25, 0.3) is 0 Å². The monoisotopic (exact) mass is 182 g/mol. The quantitative estimate of drug-likeness (QED) is 0.465. The van der Waals surface area contributed by atoms with Crippen LogP contribution >= 0.6 is 8.25 Å². The number of likely N-dealkylation sites (N-methyl/N-ethyl adjacent to an activating group) is 1. The smallest absolute Gasteiger partial charge is 0.319 e. The van der Waals surface area contributed by atoms with Crippen molar-refractivity contribution in [2.75, 3.05) is 41.4 Å². The van der Waals surface area contributed by atoms with Crippen LogP contribution in [0.3, 0.4) is 0 Å². The Morgan fingerprint density at radius 1 is 1.36 bits per heavy atom. The molecule has 0 rings (SSSR count). The van der Waals surface area contributed by atoms with E-state index < -0.39 is 8.25 Å². The topological polar surface area (TPSA) is 35.5 Å². The Bertz CT molecular complexity index is 132. The minimum atomic E-state index is -2.21. The largest absolute Gasteiger partial charge is 0.329 e. The maximum Gasteiger partial charge on any atom is 0.319 e. The van der Waals surface area contributed by atoms with E-state index in [9.17, 15) is 4.57 Å². The summed E-state index contributed by atoms with van der Waals surface area (Å²) in [5.74, 6) is 0. The molecule has 0 saturated heterocycles. The lowest BCUT2D eigenvalue weighted by molar-refractivity contribution is -0.870. The molecule has 0 spiro atoms. The molecule has 0 bridgehead atoms. The lowest BCUT2D eigenvalue weighted by Gasteiger charge is -2.23. The van der Waals surface area contributed by atoms with E-state index in [1.54, 1.807) is 0 Å². The normalized spacial score (nSPS) is 14.9. The van der Waals surface area contributed by atoms with Crippen molar-refractivity contribution in [3.63, 3.8) is 0 Å². The van der Waals surface area contributed by atoms with Gasteiger partial charge in [-0.25, -0.2) is 0 Å². The van der Waals surface area contributed by atoms with Crippen LogP contribution in [0.1, 0.15) is 0 Å². The number of hydrogen-bond donors (Lipinski definition) is 0. The molecular weight excluding hydrogens is 165 g/mol. The number of nitrogens with zero attached hydrogens (tertiary/aromatic N) is 1. The molecule has 0 aliphatic heterocycles. The summed E-state index contributed by atoms with van der Waals surface area (Å²) in [4.78, 5) is 0. The van der Waals surface area contributed by atoms with Gasteiger partial charge >= 0.3 is 8.25 Å². The second kappa shape index (κ2) is 4.88. The molecule has 1 unspecified atom stereocenters. The first-order chi connectivity index (χ1) is 4.95. The minimum Gasteiger partial charge on any atom is -0.329 e. The van der Waals surface area contributed by atoms with Gasteiger partial charge < -0.3 is 13.5 Å². The Morgan fingerprint density at radius 2 is 1.91 bits per heavy atom. The van der Waals surface area contributed by atoms with Gasteiger partial charge in [0.05, 0.1) is 21.1 Å². The molecule has 0 heterocycles. The molecule has 0 fully saturated rings. The second-order valence-corrected chi connectivity index (χ2v) is 4.51. The van der Waals surface area contributed by atoms with Gasteiger partial charge in [-0.3, -0.25) is 4.57 Å². The fourth-order valence-corrected chi connectivity index (χ4v) is 0.838. The molecule has 68 valence electrons. The van der Waals surface area contributed by atoms with Crippen LogP contribution in [0.5, 0.6) is 0 Å². The first kappa shape index (κ1) is 11.1. The van der Waals surface area contributed by atoms with Gasteiger partial charge in [0.2, 0.25) is 0 Å². The van der Waals surface area contributed by atoms with Crippen molar-refractivity contribution in [2.45, 2.75) is 0 Å². The van der Waals surface area contributed by atoms with Crippen molar-refractivity contribution in [1.29, 1.82) is 0 Å². The third kappa shape index (κ3) is 8.01. The fourth-order valence-electron chi connectivity index (χ4n) is 0.462. The third-order valence-corrected chi connectivity index (χ3v) is 1.92. The van der Waals surface area contributed by atoms with Gasteiger partial charge in [0.25, 0.3) is 0 Å². The lowest BCUT2D eigenvalue weighted by Crippen LogP contribution is -2.37. The van der Waals surface area contributed by atoms with Crippen molar-refractivity contribution < 1.29 is 18.1 Å². The number of rotatable bonds is 5. The van der Waals surface area contributed by atoms with Crippen molar-refractivity contribution in [1.82, 2.24) is 0 Å². The van der Waals surface area contributed by atoms with Crippen LogP contribution in [0.15, 0.2) is 0 Å². The molecule has 0 aromatic rings. The Morgan fingerprint density at radius 3 is 2.27 bits per heavy atom. The van der Waals surface area contributed by atoms with Crippen molar-refractivity contribution in [2.24, 2.45) is 0 Å². The van der Waals surface area contributed by atoms with Crippen LogP contribution in [0.4, 0.5) is 0 Å². The molecular formula is C6H17NO3P+. The summed E-state index contributed by atoms with van der Waals surface area (Å²) in [6.07, 6.45) is 0. The standard InChI is InChI=1S/C6H17NO3P/c1-7(2,3)5-6-10-11(8)9-4/h11H,5-6H2,1-4H3/q+1. The van der Waals surface area contributed by atoms with Crippen LogP contribution < -0.4 is 0 Å². The third-order valence-electron chi connectivity index (χ3n) is 1.15. The number of hydrogen-bond acceptors (Lipinski definition) is 3. The summed E-state index contributed by atoms with van der Waals surface area (Å²) in [7, 11) is 5.32. The van der Waals surface area contributed by atoms with E-state index in [0.29, 0.717) is 6.61 Å². The van der Waals surface area contributed by atoms with Crippen molar-refractivity contribution in [3.05, 3.63) is 0 Å².